The highest BCUT2D eigenvalue weighted by atomic mass is 15.2. The Hall–Kier alpha value is -1.02. The maximum atomic E-state index is 6.11. The molecular weight excluding hydrogens is 172 g/mol. The first-order valence-corrected chi connectivity index (χ1v) is 5.38. The third-order valence-corrected chi connectivity index (χ3v) is 3.64. The van der Waals surface area contributed by atoms with Gasteiger partial charge in [0.25, 0.3) is 0 Å². The highest BCUT2D eigenvalue weighted by Crippen LogP contribution is 2.39. The molecule has 2 N–H and O–H groups in total. The average molecular weight is 188 g/mol. The summed E-state index contributed by atoms with van der Waals surface area (Å²) in [5.41, 5.74) is 10.5. The van der Waals surface area contributed by atoms with Gasteiger partial charge in [0.15, 0.2) is 0 Å². The zero-order valence-electron chi connectivity index (χ0n) is 8.53. The van der Waals surface area contributed by atoms with Crippen LogP contribution < -0.4 is 10.6 Å². The van der Waals surface area contributed by atoms with Gasteiger partial charge in [0, 0.05) is 24.3 Å². The molecule has 0 spiro atoms. The van der Waals surface area contributed by atoms with Crippen molar-refractivity contribution in [1.82, 2.24) is 0 Å². The lowest BCUT2D eigenvalue weighted by Crippen LogP contribution is -2.37. The smallest absolute Gasteiger partial charge is 0.0482 e. The molecule has 2 heteroatoms. The number of aryl methyl sites for hydroxylation is 1. The van der Waals surface area contributed by atoms with Gasteiger partial charge in [0.2, 0.25) is 0 Å². The van der Waals surface area contributed by atoms with Crippen LogP contribution in [0.3, 0.4) is 0 Å². The molecule has 2 aliphatic rings. The number of para-hydroxylation sites is 1. The van der Waals surface area contributed by atoms with Crippen molar-refractivity contribution in [3.8, 4) is 0 Å². The second kappa shape index (κ2) is 2.74. The topological polar surface area (TPSA) is 29.3 Å². The van der Waals surface area contributed by atoms with Crippen molar-refractivity contribution in [2.24, 2.45) is 5.73 Å². The Morgan fingerprint density at radius 1 is 1.43 bits per heavy atom. The first-order chi connectivity index (χ1) is 6.77. The molecule has 14 heavy (non-hydrogen) atoms. The van der Waals surface area contributed by atoms with Crippen molar-refractivity contribution in [1.29, 1.82) is 0 Å². The number of rotatable bonds is 0. The lowest BCUT2D eigenvalue weighted by atomic mass is 10.0. The summed E-state index contributed by atoms with van der Waals surface area (Å²) in [4.78, 5) is 2.51. The lowest BCUT2D eigenvalue weighted by Gasteiger charge is -2.21. The van der Waals surface area contributed by atoms with Crippen LogP contribution in [0.15, 0.2) is 18.2 Å². The summed E-state index contributed by atoms with van der Waals surface area (Å²) in [6.45, 7) is 3.34. The minimum absolute atomic E-state index is 0.377. The van der Waals surface area contributed by atoms with Crippen LogP contribution in [0, 0.1) is 6.92 Å². The van der Waals surface area contributed by atoms with Crippen molar-refractivity contribution in [2.75, 3.05) is 11.4 Å². The Morgan fingerprint density at radius 3 is 3.14 bits per heavy atom. The van der Waals surface area contributed by atoms with E-state index in [1.54, 1.807) is 0 Å². The molecule has 3 rings (SSSR count). The third-order valence-electron chi connectivity index (χ3n) is 3.64. The van der Waals surface area contributed by atoms with Gasteiger partial charge in [-0.25, -0.2) is 0 Å². The van der Waals surface area contributed by atoms with E-state index in [1.807, 2.05) is 0 Å². The van der Waals surface area contributed by atoms with Gasteiger partial charge >= 0.3 is 0 Å². The van der Waals surface area contributed by atoms with E-state index in [2.05, 4.69) is 30.0 Å². The van der Waals surface area contributed by atoms with E-state index in [1.165, 1.54) is 16.8 Å². The van der Waals surface area contributed by atoms with Crippen molar-refractivity contribution < 1.29 is 0 Å². The number of fused-ring (bicyclic) bond motifs is 3. The molecule has 2 heterocycles. The number of hydrogen-bond donors (Lipinski definition) is 1. The average Bonchev–Trinajstić information content (AvgIpc) is 2.68. The molecule has 0 aliphatic carbocycles. The number of benzene rings is 1. The number of nitrogens with zero attached hydrogens (tertiary/aromatic N) is 1. The lowest BCUT2D eigenvalue weighted by molar-refractivity contribution is 0.600. The van der Waals surface area contributed by atoms with E-state index in [0.717, 1.165) is 19.4 Å². The van der Waals surface area contributed by atoms with Gasteiger partial charge in [0.1, 0.15) is 0 Å². The molecular formula is C12H16N2. The van der Waals surface area contributed by atoms with Gasteiger partial charge in [-0.3, -0.25) is 0 Å². The molecule has 1 saturated heterocycles. The molecule has 74 valence electrons. The standard InChI is InChI=1S/C12H16N2/c1-8-3-2-4-9-7-11-10(13)5-6-14(11)12(8)9/h2-4,10-11H,5-7,13H2,1H3. The SMILES string of the molecule is Cc1cccc2c1N1CCC(N)C1C2. The Bertz CT molecular complexity index is 373. The summed E-state index contributed by atoms with van der Waals surface area (Å²) < 4.78 is 0. The van der Waals surface area contributed by atoms with Gasteiger partial charge in [-0.1, -0.05) is 18.2 Å². The molecule has 0 amide bonds. The van der Waals surface area contributed by atoms with Crippen molar-refractivity contribution in [3.63, 3.8) is 0 Å². The van der Waals surface area contributed by atoms with Crippen LogP contribution in [0.25, 0.3) is 0 Å². The summed E-state index contributed by atoms with van der Waals surface area (Å²) in [5, 5.41) is 0. The zero-order valence-corrected chi connectivity index (χ0v) is 8.53. The van der Waals surface area contributed by atoms with E-state index in [9.17, 15) is 0 Å². The predicted octanol–water partition coefficient (Wildman–Crippen LogP) is 1.46. The summed E-state index contributed by atoms with van der Waals surface area (Å²) in [5.74, 6) is 0. The monoisotopic (exact) mass is 188 g/mol. The number of anilines is 1. The Labute approximate surface area is 84.7 Å². The quantitative estimate of drug-likeness (QED) is 0.668. The molecule has 1 aromatic carbocycles. The molecule has 0 saturated carbocycles. The summed E-state index contributed by atoms with van der Waals surface area (Å²) in [6.07, 6.45) is 2.30. The van der Waals surface area contributed by atoms with Gasteiger partial charge < -0.3 is 10.6 Å². The first-order valence-electron chi connectivity index (χ1n) is 5.38. The van der Waals surface area contributed by atoms with E-state index in [4.69, 9.17) is 5.73 Å². The molecule has 2 unspecified atom stereocenters. The maximum Gasteiger partial charge on any atom is 0.0482 e. The van der Waals surface area contributed by atoms with Crippen LogP contribution >= 0.6 is 0 Å². The normalized spacial score (nSPS) is 29.1. The molecule has 2 atom stereocenters. The largest absolute Gasteiger partial charge is 0.366 e. The predicted molar refractivity (Wildman–Crippen MR) is 58.6 cm³/mol. The summed E-state index contributed by atoms with van der Waals surface area (Å²) in [7, 11) is 0. The number of nitrogens with two attached hydrogens (primary N) is 1. The second-order valence-corrected chi connectivity index (χ2v) is 4.50. The van der Waals surface area contributed by atoms with Gasteiger partial charge in [-0.15, -0.1) is 0 Å². The second-order valence-electron chi connectivity index (χ2n) is 4.50. The van der Waals surface area contributed by atoms with Crippen LogP contribution in [0.2, 0.25) is 0 Å². The van der Waals surface area contributed by atoms with E-state index in [-0.39, 0.29) is 0 Å². The molecule has 0 radical (unpaired) electrons. The fourth-order valence-corrected chi connectivity index (χ4v) is 2.94. The van der Waals surface area contributed by atoms with Crippen molar-refractivity contribution >= 4 is 5.69 Å². The first kappa shape index (κ1) is 8.30. The minimum Gasteiger partial charge on any atom is -0.366 e. The van der Waals surface area contributed by atoms with Crippen molar-refractivity contribution in [2.45, 2.75) is 31.8 Å². The highest BCUT2D eigenvalue weighted by Gasteiger charge is 2.38. The van der Waals surface area contributed by atoms with Gasteiger partial charge in [-0.2, -0.15) is 0 Å². The van der Waals surface area contributed by atoms with E-state index >= 15 is 0 Å². The van der Waals surface area contributed by atoms with Gasteiger partial charge in [-0.05, 0) is 30.9 Å². The molecule has 0 aromatic heterocycles. The Kier molecular flexibility index (Phi) is 1.62. The van der Waals surface area contributed by atoms with Crippen LogP contribution in [0.1, 0.15) is 17.5 Å². The third kappa shape index (κ3) is 0.947. The van der Waals surface area contributed by atoms with Crippen LogP contribution in [-0.4, -0.2) is 18.6 Å². The van der Waals surface area contributed by atoms with Crippen LogP contribution in [-0.2, 0) is 6.42 Å². The molecule has 2 aliphatic heterocycles. The van der Waals surface area contributed by atoms with Crippen LogP contribution in [0.4, 0.5) is 5.69 Å². The summed E-state index contributed by atoms with van der Waals surface area (Å²) in [6, 6.07) is 7.55. The van der Waals surface area contributed by atoms with E-state index in [0.29, 0.717) is 12.1 Å². The summed E-state index contributed by atoms with van der Waals surface area (Å²) >= 11 is 0. The van der Waals surface area contributed by atoms with Crippen molar-refractivity contribution in [3.05, 3.63) is 29.3 Å². The minimum atomic E-state index is 0.377. The maximum absolute atomic E-state index is 6.11. The Morgan fingerprint density at radius 2 is 2.29 bits per heavy atom. The zero-order chi connectivity index (χ0) is 9.71. The fourth-order valence-electron chi connectivity index (χ4n) is 2.94. The molecule has 1 fully saturated rings. The molecule has 2 nitrogen and oxygen atoms in total. The van der Waals surface area contributed by atoms with Crippen LogP contribution in [0.5, 0.6) is 0 Å². The van der Waals surface area contributed by atoms with Gasteiger partial charge in [0.05, 0.1) is 0 Å². The van der Waals surface area contributed by atoms with E-state index < -0.39 is 0 Å². The molecule has 1 aromatic rings. The fraction of sp³-hybridized carbons (Fsp3) is 0.500. The molecule has 0 bridgehead atoms. The highest BCUT2D eigenvalue weighted by molar-refractivity contribution is 5.65. The Balaban J connectivity index is 2.09. The number of hydrogen-bond acceptors (Lipinski definition) is 2.